The van der Waals surface area contributed by atoms with Gasteiger partial charge in [0.25, 0.3) is 5.91 Å². The van der Waals surface area contributed by atoms with Crippen molar-refractivity contribution in [2.75, 3.05) is 0 Å². The Morgan fingerprint density at radius 1 is 0.885 bits per heavy atom. The van der Waals surface area contributed by atoms with Gasteiger partial charge in [-0.1, -0.05) is 50.6 Å². The number of carbonyl (C=O) groups is 2. The van der Waals surface area contributed by atoms with Gasteiger partial charge in [0.1, 0.15) is 0 Å². The molecule has 0 saturated heterocycles. The van der Waals surface area contributed by atoms with Crippen LogP contribution in [0.3, 0.4) is 0 Å². The smallest absolute Gasteiger partial charge is 0.252 e. The maximum Gasteiger partial charge on any atom is 0.252 e. The number of amides is 1. The first-order chi connectivity index (χ1) is 12.0. The fourth-order valence-electron chi connectivity index (χ4n) is 3.38. The zero-order valence-electron chi connectivity index (χ0n) is 16.0. The maximum atomic E-state index is 12.9. The Kier molecular flexibility index (Phi) is 5.92. The minimum atomic E-state index is -0.383. The highest BCUT2D eigenvalue weighted by Crippen LogP contribution is 2.27. The maximum absolute atomic E-state index is 12.9. The van der Waals surface area contributed by atoms with Crippen molar-refractivity contribution in [3.8, 4) is 0 Å². The Labute approximate surface area is 160 Å². The lowest BCUT2D eigenvalue weighted by Crippen LogP contribution is -2.46. The molecule has 26 heavy (non-hydrogen) atoms. The van der Waals surface area contributed by atoms with Crippen LogP contribution in [-0.2, 0) is 0 Å². The van der Waals surface area contributed by atoms with Crippen molar-refractivity contribution < 1.29 is 9.59 Å². The second-order valence-electron chi connectivity index (χ2n) is 8.46. The molecule has 2 aromatic rings. The molecule has 0 fully saturated rings. The second-order valence-corrected chi connectivity index (χ2v) is 8.89. The van der Waals surface area contributed by atoms with Crippen LogP contribution < -0.4 is 5.32 Å². The van der Waals surface area contributed by atoms with Crippen LogP contribution in [-0.4, -0.2) is 17.2 Å². The Bertz CT molecular complexity index is 802. The molecule has 2 aromatic carbocycles. The molecular weight excluding hydrogens is 346 g/mol. The molecule has 3 nitrogen and oxygen atoms in total. The predicted octanol–water partition coefficient (Wildman–Crippen LogP) is 5.52. The lowest BCUT2D eigenvalue weighted by molar-refractivity contribution is 0.0883. The summed E-state index contributed by atoms with van der Waals surface area (Å²) in [6.07, 6.45) is 0.818. The molecule has 0 radical (unpaired) electrons. The standard InChI is InChI=1S/C22H26ClNO2/c1-21(2,3)14-22(4,5)24-20(26)18-9-7-6-8-17(18)19(25)15-10-12-16(23)13-11-15/h6-13H,14H2,1-5H3,(H,24,26). The predicted molar refractivity (Wildman–Crippen MR) is 107 cm³/mol. The number of carbonyl (C=O) groups excluding carboxylic acids is 2. The Morgan fingerprint density at radius 2 is 1.42 bits per heavy atom. The largest absolute Gasteiger partial charge is 0.347 e. The van der Waals surface area contributed by atoms with E-state index in [1.807, 2.05) is 13.8 Å². The monoisotopic (exact) mass is 371 g/mol. The lowest BCUT2D eigenvalue weighted by Gasteiger charge is -2.33. The third kappa shape index (κ3) is 5.43. The molecule has 0 aliphatic heterocycles. The van der Waals surface area contributed by atoms with E-state index < -0.39 is 0 Å². The molecule has 0 spiro atoms. The van der Waals surface area contributed by atoms with Crippen LogP contribution in [0.4, 0.5) is 0 Å². The minimum Gasteiger partial charge on any atom is -0.347 e. The van der Waals surface area contributed by atoms with Crippen molar-refractivity contribution in [2.24, 2.45) is 5.41 Å². The van der Waals surface area contributed by atoms with E-state index in [2.05, 4.69) is 26.1 Å². The van der Waals surface area contributed by atoms with Crippen molar-refractivity contribution >= 4 is 23.3 Å². The number of nitrogens with one attached hydrogen (secondary N) is 1. The normalized spacial score (nSPS) is 11.9. The topological polar surface area (TPSA) is 46.2 Å². The molecule has 1 amide bonds. The van der Waals surface area contributed by atoms with Crippen molar-refractivity contribution in [1.29, 1.82) is 0 Å². The summed E-state index contributed by atoms with van der Waals surface area (Å²) in [7, 11) is 0. The van der Waals surface area contributed by atoms with Crippen LogP contribution in [0.25, 0.3) is 0 Å². The summed E-state index contributed by atoms with van der Waals surface area (Å²) in [5.41, 5.74) is 0.971. The average Bonchev–Trinajstić information content (AvgIpc) is 2.52. The van der Waals surface area contributed by atoms with E-state index in [0.717, 1.165) is 6.42 Å². The summed E-state index contributed by atoms with van der Waals surface area (Å²) < 4.78 is 0. The molecule has 0 aliphatic carbocycles. The van der Waals surface area contributed by atoms with Gasteiger partial charge in [0.15, 0.2) is 5.78 Å². The van der Waals surface area contributed by atoms with E-state index in [1.165, 1.54) is 0 Å². The zero-order valence-corrected chi connectivity index (χ0v) is 16.8. The molecule has 0 aromatic heterocycles. The summed E-state index contributed by atoms with van der Waals surface area (Å²) >= 11 is 5.89. The summed E-state index contributed by atoms with van der Waals surface area (Å²) in [6, 6.07) is 13.6. The van der Waals surface area contributed by atoms with E-state index >= 15 is 0 Å². The van der Waals surface area contributed by atoms with E-state index in [1.54, 1.807) is 48.5 Å². The molecule has 4 heteroatoms. The van der Waals surface area contributed by atoms with Gasteiger partial charge in [-0.05, 0) is 56.0 Å². The first-order valence-corrected chi connectivity index (χ1v) is 9.08. The van der Waals surface area contributed by atoms with Gasteiger partial charge in [0, 0.05) is 21.7 Å². The van der Waals surface area contributed by atoms with Crippen molar-refractivity contribution in [1.82, 2.24) is 5.32 Å². The number of benzene rings is 2. The summed E-state index contributed by atoms with van der Waals surface area (Å²) in [4.78, 5) is 25.7. The molecule has 0 saturated carbocycles. The van der Waals surface area contributed by atoms with Gasteiger partial charge in [-0.3, -0.25) is 9.59 Å². The van der Waals surface area contributed by atoms with Gasteiger partial charge < -0.3 is 5.32 Å². The van der Waals surface area contributed by atoms with Crippen LogP contribution in [0.1, 0.15) is 67.3 Å². The molecule has 0 atom stereocenters. The van der Waals surface area contributed by atoms with Gasteiger partial charge in [0.2, 0.25) is 0 Å². The van der Waals surface area contributed by atoms with Gasteiger partial charge >= 0.3 is 0 Å². The van der Waals surface area contributed by atoms with Crippen molar-refractivity contribution in [3.63, 3.8) is 0 Å². The summed E-state index contributed by atoms with van der Waals surface area (Å²) in [5, 5.41) is 3.64. The zero-order chi connectivity index (χ0) is 19.5. The molecule has 1 N–H and O–H groups in total. The lowest BCUT2D eigenvalue weighted by atomic mass is 9.81. The van der Waals surface area contributed by atoms with Gasteiger partial charge in [-0.15, -0.1) is 0 Å². The molecule has 0 bridgehead atoms. The third-order valence-electron chi connectivity index (χ3n) is 3.95. The van der Waals surface area contributed by atoms with Crippen LogP contribution in [0, 0.1) is 5.41 Å². The molecule has 138 valence electrons. The van der Waals surface area contributed by atoms with E-state index in [0.29, 0.717) is 21.7 Å². The van der Waals surface area contributed by atoms with Gasteiger partial charge in [0.05, 0.1) is 5.56 Å². The van der Waals surface area contributed by atoms with Gasteiger partial charge in [-0.25, -0.2) is 0 Å². The first-order valence-electron chi connectivity index (χ1n) is 8.70. The molecule has 0 aliphatic rings. The number of ketones is 1. The van der Waals surface area contributed by atoms with E-state index in [9.17, 15) is 9.59 Å². The molecule has 0 heterocycles. The quantitative estimate of drug-likeness (QED) is 0.704. The van der Waals surface area contributed by atoms with E-state index in [4.69, 9.17) is 11.6 Å². The Balaban J connectivity index is 2.29. The fraction of sp³-hybridized carbons (Fsp3) is 0.364. The van der Waals surface area contributed by atoms with E-state index in [-0.39, 0.29) is 22.6 Å². The average molecular weight is 372 g/mol. The highest BCUT2D eigenvalue weighted by atomic mass is 35.5. The fourth-order valence-corrected chi connectivity index (χ4v) is 3.51. The minimum absolute atomic E-state index is 0.0788. The van der Waals surface area contributed by atoms with Crippen LogP contribution in [0.5, 0.6) is 0 Å². The number of hydrogen-bond acceptors (Lipinski definition) is 2. The number of halogens is 1. The van der Waals surface area contributed by atoms with Crippen LogP contribution in [0.2, 0.25) is 5.02 Å². The van der Waals surface area contributed by atoms with Crippen LogP contribution >= 0.6 is 11.6 Å². The first kappa shape index (κ1) is 20.2. The summed E-state index contributed by atoms with van der Waals surface area (Å²) in [5.74, 6) is -0.432. The molecular formula is C22H26ClNO2. The van der Waals surface area contributed by atoms with Crippen molar-refractivity contribution in [3.05, 3.63) is 70.2 Å². The van der Waals surface area contributed by atoms with Crippen LogP contribution in [0.15, 0.2) is 48.5 Å². The molecule has 2 rings (SSSR count). The number of rotatable bonds is 5. The highest BCUT2D eigenvalue weighted by molar-refractivity contribution is 6.30. The van der Waals surface area contributed by atoms with Gasteiger partial charge in [-0.2, -0.15) is 0 Å². The van der Waals surface area contributed by atoms with Crippen molar-refractivity contribution in [2.45, 2.75) is 46.6 Å². The molecule has 0 unspecified atom stereocenters. The Hall–Kier alpha value is -2.13. The highest BCUT2D eigenvalue weighted by Gasteiger charge is 2.28. The third-order valence-corrected chi connectivity index (χ3v) is 4.20. The second kappa shape index (κ2) is 7.63. The Morgan fingerprint density at radius 3 is 1.96 bits per heavy atom. The number of hydrogen-bond donors (Lipinski definition) is 1. The SMILES string of the molecule is CC(C)(C)CC(C)(C)NC(=O)c1ccccc1C(=O)c1ccc(Cl)cc1. The summed E-state index contributed by atoms with van der Waals surface area (Å²) in [6.45, 7) is 10.4.